The first-order valence-electron chi connectivity index (χ1n) is 6.58. The Bertz CT molecular complexity index is 392. The topological polar surface area (TPSA) is 63.4 Å². The SMILES string of the molecule is CC1(C)CN(C2(CN)CCS(=O)(=O)CC2)CCS1. The zero-order valence-electron chi connectivity index (χ0n) is 11.3. The quantitative estimate of drug-likeness (QED) is 0.812. The maximum absolute atomic E-state index is 11.6. The Balaban J connectivity index is 2.13. The molecule has 0 aliphatic carbocycles. The third-order valence-electron chi connectivity index (χ3n) is 4.23. The number of thioether (sulfide) groups is 1. The van der Waals surface area contributed by atoms with Crippen molar-refractivity contribution >= 4 is 21.6 Å². The van der Waals surface area contributed by atoms with Crippen LogP contribution in [0.15, 0.2) is 0 Å². The molecule has 0 unspecified atom stereocenters. The molecule has 2 aliphatic heterocycles. The summed E-state index contributed by atoms with van der Waals surface area (Å²) in [6, 6.07) is 0. The van der Waals surface area contributed by atoms with E-state index in [1.807, 2.05) is 11.8 Å². The van der Waals surface area contributed by atoms with Crippen LogP contribution in [0.1, 0.15) is 26.7 Å². The van der Waals surface area contributed by atoms with Gasteiger partial charge in [-0.2, -0.15) is 11.8 Å². The lowest BCUT2D eigenvalue weighted by Gasteiger charge is -2.50. The van der Waals surface area contributed by atoms with E-state index >= 15 is 0 Å². The highest BCUT2D eigenvalue weighted by Crippen LogP contribution is 2.37. The Morgan fingerprint density at radius 1 is 1.28 bits per heavy atom. The summed E-state index contributed by atoms with van der Waals surface area (Å²) in [7, 11) is -2.82. The van der Waals surface area contributed by atoms with Gasteiger partial charge in [-0.05, 0) is 26.7 Å². The van der Waals surface area contributed by atoms with Gasteiger partial charge in [-0.25, -0.2) is 8.42 Å². The third-order valence-corrected chi connectivity index (χ3v) is 7.18. The first-order valence-corrected chi connectivity index (χ1v) is 9.39. The average Bonchev–Trinajstić information content (AvgIpc) is 2.28. The molecule has 18 heavy (non-hydrogen) atoms. The minimum absolute atomic E-state index is 0.0798. The molecular weight excluding hydrogens is 268 g/mol. The maximum Gasteiger partial charge on any atom is 0.150 e. The van der Waals surface area contributed by atoms with Crippen LogP contribution in [0.2, 0.25) is 0 Å². The Kier molecular flexibility index (Phi) is 4.03. The van der Waals surface area contributed by atoms with Gasteiger partial charge in [-0.1, -0.05) is 0 Å². The van der Waals surface area contributed by atoms with Gasteiger partial charge in [0.15, 0.2) is 0 Å². The number of hydrogen-bond donors (Lipinski definition) is 1. The number of nitrogens with zero attached hydrogens (tertiary/aromatic N) is 1. The van der Waals surface area contributed by atoms with Crippen LogP contribution in [0.5, 0.6) is 0 Å². The first-order chi connectivity index (χ1) is 8.29. The monoisotopic (exact) mass is 292 g/mol. The fourth-order valence-corrected chi connectivity index (χ4v) is 5.69. The summed E-state index contributed by atoms with van der Waals surface area (Å²) in [6.45, 7) is 7.13. The molecule has 0 spiro atoms. The van der Waals surface area contributed by atoms with Crippen molar-refractivity contribution in [3.05, 3.63) is 0 Å². The van der Waals surface area contributed by atoms with E-state index in [4.69, 9.17) is 5.73 Å². The highest BCUT2D eigenvalue weighted by Gasteiger charge is 2.43. The summed E-state index contributed by atoms with van der Waals surface area (Å²) in [5.74, 6) is 1.71. The Morgan fingerprint density at radius 3 is 2.39 bits per heavy atom. The van der Waals surface area contributed by atoms with E-state index in [0.717, 1.165) is 18.8 Å². The van der Waals surface area contributed by atoms with E-state index < -0.39 is 9.84 Å². The molecule has 0 bridgehead atoms. The molecule has 106 valence electrons. The highest BCUT2D eigenvalue weighted by atomic mass is 32.2. The van der Waals surface area contributed by atoms with Crippen molar-refractivity contribution < 1.29 is 8.42 Å². The molecule has 0 amide bonds. The van der Waals surface area contributed by atoms with Crippen molar-refractivity contribution in [2.45, 2.75) is 37.0 Å². The van der Waals surface area contributed by atoms with Crippen LogP contribution in [0.4, 0.5) is 0 Å². The number of sulfone groups is 1. The Labute approximate surface area is 115 Å². The van der Waals surface area contributed by atoms with Gasteiger partial charge in [-0.3, -0.25) is 4.90 Å². The Hall–Kier alpha value is 0.220. The van der Waals surface area contributed by atoms with E-state index in [1.165, 1.54) is 0 Å². The second-order valence-corrected chi connectivity index (χ2v) is 10.2. The van der Waals surface area contributed by atoms with Gasteiger partial charge < -0.3 is 5.73 Å². The molecule has 4 nitrogen and oxygen atoms in total. The van der Waals surface area contributed by atoms with E-state index in [0.29, 0.717) is 30.9 Å². The predicted octanol–water partition coefficient (Wildman–Crippen LogP) is 0.720. The molecule has 2 N–H and O–H groups in total. The first kappa shape index (κ1) is 14.6. The van der Waals surface area contributed by atoms with E-state index in [9.17, 15) is 8.42 Å². The van der Waals surface area contributed by atoms with Crippen LogP contribution in [0, 0.1) is 0 Å². The summed E-state index contributed by atoms with van der Waals surface area (Å²) < 4.78 is 23.4. The molecule has 0 aromatic heterocycles. The van der Waals surface area contributed by atoms with Crippen LogP contribution in [0.3, 0.4) is 0 Å². The van der Waals surface area contributed by atoms with Crippen molar-refractivity contribution in [2.75, 3.05) is 36.9 Å². The summed E-state index contributed by atoms with van der Waals surface area (Å²) in [4.78, 5) is 2.46. The fraction of sp³-hybridized carbons (Fsp3) is 1.00. The van der Waals surface area contributed by atoms with Gasteiger partial charge in [0.05, 0.1) is 11.5 Å². The lowest BCUT2D eigenvalue weighted by Crippen LogP contribution is -2.62. The van der Waals surface area contributed by atoms with Gasteiger partial charge in [0, 0.05) is 35.7 Å². The summed E-state index contributed by atoms with van der Waals surface area (Å²) in [6.07, 6.45) is 1.40. The number of hydrogen-bond acceptors (Lipinski definition) is 5. The van der Waals surface area contributed by atoms with E-state index in [-0.39, 0.29) is 10.3 Å². The van der Waals surface area contributed by atoms with E-state index in [1.54, 1.807) is 0 Å². The molecule has 6 heteroatoms. The lowest BCUT2D eigenvalue weighted by atomic mass is 9.89. The van der Waals surface area contributed by atoms with Crippen molar-refractivity contribution in [2.24, 2.45) is 5.73 Å². The molecule has 2 rings (SSSR count). The summed E-state index contributed by atoms with van der Waals surface area (Å²) in [5, 5.41) is 0. The van der Waals surface area contributed by atoms with Crippen LogP contribution < -0.4 is 5.73 Å². The van der Waals surface area contributed by atoms with Gasteiger partial charge >= 0.3 is 0 Å². The second-order valence-electron chi connectivity index (χ2n) is 6.11. The second kappa shape index (κ2) is 4.96. The predicted molar refractivity (Wildman–Crippen MR) is 77.8 cm³/mol. The third kappa shape index (κ3) is 3.03. The normalized spacial score (nSPS) is 31.1. The smallest absolute Gasteiger partial charge is 0.150 e. The zero-order valence-corrected chi connectivity index (χ0v) is 12.9. The van der Waals surface area contributed by atoms with Gasteiger partial charge in [0.2, 0.25) is 0 Å². The zero-order chi connectivity index (χ0) is 13.4. The van der Waals surface area contributed by atoms with Crippen LogP contribution in [-0.2, 0) is 9.84 Å². The fourth-order valence-electron chi connectivity index (χ4n) is 2.99. The van der Waals surface area contributed by atoms with Crippen molar-refractivity contribution in [1.82, 2.24) is 4.90 Å². The molecule has 0 aromatic rings. The highest BCUT2D eigenvalue weighted by molar-refractivity contribution is 8.00. The molecule has 2 fully saturated rings. The lowest BCUT2D eigenvalue weighted by molar-refractivity contribution is 0.0779. The Morgan fingerprint density at radius 2 is 1.89 bits per heavy atom. The summed E-state index contributed by atoms with van der Waals surface area (Å²) in [5.41, 5.74) is 5.92. The van der Waals surface area contributed by atoms with Crippen molar-refractivity contribution in [1.29, 1.82) is 0 Å². The number of rotatable bonds is 2. The van der Waals surface area contributed by atoms with E-state index in [2.05, 4.69) is 18.7 Å². The minimum atomic E-state index is -2.82. The molecule has 2 aliphatic rings. The van der Waals surface area contributed by atoms with Gasteiger partial charge in [-0.15, -0.1) is 0 Å². The maximum atomic E-state index is 11.6. The minimum Gasteiger partial charge on any atom is -0.329 e. The molecule has 2 heterocycles. The number of nitrogens with two attached hydrogens (primary N) is 1. The van der Waals surface area contributed by atoms with Crippen molar-refractivity contribution in [3.63, 3.8) is 0 Å². The van der Waals surface area contributed by atoms with Crippen molar-refractivity contribution in [3.8, 4) is 0 Å². The van der Waals surface area contributed by atoms with Gasteiger partial charge in [0.1, 0.15) is 9.84 Å². The molecule has 0 radical (unpaired) electrons. The van der Waals surface area contributed by atoms with Crippen LogP contribution in [-0.4, -0.2) is 60.5 Å². The van der Waals surface area contributed by atoms with Gasteiger partial charge in [0.25, 0.3) is 0 Å². The molecule has 0 saturated carbocycles. The van der Waals surface area contributed by atoms with Crippen LogP contribution >= 0.6 is 11.8 Å². The van der Waals surface area contributed by atoms with Crippen LogP contribution in [0.25, 0.3) is 0 Å². The largest absolute Gasteiger partial charge is 0.329 e. The molecule has 0 aromatic carbocycles. The summed E-state index contributed by atoms with van der Waals surface area (Å²) >= 11 is 2.00. The molecule has 2 saturated heterocycles. The standard InChI is InChI=1S/C12H24N2O2S2/c1-11(2)10-14(5-6-17-11)12(9-13)3-7-18(15,16)8-4-12/h3-10,13H2,1-2H3. The molecule has 0 atom stereocenters. The average molecular weight is 292 g/mol. The molecular formula is C12H24N2O2S2.